The van der Waals surface area contributed by atoms with Gasteiger partial charge in [-0.25, -0.2) is 0 Å². The lowest BCUT2D eigenvalue weighted by atomic mass is 9.75. The minimum Gasteiger partial charge on any atom is -0.497 e. The third-order valence-corrected chi connectivity index (χ3v) is 10.4. The molecule has 3 aromatic rings. The molecule has 3 aromatic carbocycles. The largest absolute Gasteiger partial charge is 0.497 e. The van der Waals surface area contributed by atoms with E-state index in [1.165, 1.54) is 21.1 Å². The highest BCUT2D eigenvalue weighted by atomic mass is 16.6. The average Bonchev–Trinajstić information content (AvgIpc) is 3.63. The van der Waals surface area contributed by atoms with E-state index in [-0.39, 0.29) is 28.9 Å². The molecule has 0 unspecified atom stereocenters. The van der Waals surface area contributed by atoms with Crippen molar-refractivity contribution < 1.29 is 43.2 Å². The van der Waals surface area contributed by atoms with Gasteiger partial charge in [0, 0.05) is 43.0 Å². The molecule has 0 aromatic heterocycles. The van der Waals surface area contributed by atoms with Gasteiger partial charge in [0.1, 0.15) is 29.2 Å². The Bertz CT molecular complexity index is 1710. The van der Waals surface area contributed by atoms with Crippen LogP contribution in [-0.4, -0.2) is 67.9 Å². The van der Waals surface area contributed by atoms with Crippen molar-refractivity contribution >= 4 is 17.8 Å². The molecule has 260 valence electrons. The molecule has 2 fully saturated rings. The number of likely N-dealkylation sites (tertiary alicyclic amines) is 1. The Hall–Kier alpha value is -4.77. The van der Waals surface area contributed by atoms with Crippen LogP contribution in [-0.2, 0) is 30.3 Å². The third kappa shape index (κ3) is 5.44. The summed E-state index contributed by atoms with van der Waals surface area (Å²) in [7, 11) is 4.52. The van der Waals surface area contributed by atoms with Crippen molar-refractivity contribution in [3.8, 4) is 23.0 Å². The molecule has 1 aliphatic carbocycles. The van der Waals surface area contributed by atoms with Gasteiger partial charge in [-0.05, 0) is 37.0 Å². The van der Waals surface area contributed by atoms with E-state index in [1.54, 1.807) is 48.4 Å². The van der Waals surface area contributed by atoms with Gasteiger partial charge in [-0.3, -0.25) is 14.4 Å². The van der Waals surface area contributed by atoms with Gasteiger partial charge in [0.25, 0.3) is 0 Å². The van der Waals surface area contributed by atoms with Crippen LogP contribution >= 0.6 is 0 Å². The molecule has 2 bridgehead atoms. The molecule has 11 heteroatoms. The first kappa shape index (κ1) is 34.1. The molecule has 6 rings (SSSR count). The van der Waals surface area contributed by atoms with Gasteiger partial charge in [0.15, 0.2) is 17.3 Å². The molecule has 1 saturated heterocycles. The zero-order valence-corrected chi connectivity index (χ0v) is 28.7. The maximum absolute atomic E-state index is 15.4. The summed E-state index contributed by atoms with van der Waals surface area (Å²) < 4.78 is 30.2. The quantitative estimate of drug-likeness (QED) is 0.296. The Morgan fingerprint density at radius 1 is 1.00 bits per heavy atom. The number of nitrogens with one attached hydrogen (secondary N) is 1. The monoisotopic (exact) mass is 672 g/mol. The minimum atomic E-state index is -2.18. The van der Waals surface area contributed by atoms with Crippen molar-refractivity contribution in [3.05, 3.63) is 83.4 Å². The predicted molar refractivity (Wildman–Crippen MR) is 179 cm³/mol. The van der Waals surface area contributed by atoms with Gasteiger partial charge >= 0.3 is 5.97 Å². The van der Waals surface area contributed by atoms with Crippen LogP contribution in [0.2, 0.25) is 0 Å². The normalized spacial score (nSPS) is 27.4. The molecule has 7 atom stereocenters. The van der Waals surface area contributed by atoms with E-state index in [4.69, 9.17) is 23.7 Å². The molecular weight excluding hydrogens is 628 g/mol. The van der Waals surface area contributed by atoms with Crippen LogP contribution < -0.4 is 24.3 Å². The highest BCUT2D eigenvalue weighted by Crippen LogP contribution is 2.69. The SMILES string of the molecule is CC[C@H](C)C(=O)N[C@@H]1CCCN1C(=O)[C@@H]1[C@H](c2ccccc2)[C@@]2(c3ccc(OC)cc3)Oc3cc(OC)cc(OC)c3[C@]1(O)[C@@H]2OC(C)=O. The summed E-state index contributed by atoms with van der Waals surface area (Å²) in [5.41, 5.74) is -2.40. The molecule has 2 N–H and O–H groups in total. The lowest BCUT2D eigenvalue weighted by Crippen LogP contribution is -2.57. The van der Waals surface area contributed by atoms with Gasteiger partial charge in [0.2, 0.25) is 11.8 Å². The molecule has 49 heavy (non-hydrogen) atoms. The number of carbonyl (C=O) groups excluding carboxylic acids is 3. The minimum absolute atomic E-state index is 0.148. The summed E-state index contributed by atoms with van der Waals surface area (Å²) in [6.45, 7) is 5.41. The Morgan fingerprint density at radius 3 is 2.31 bits per heavy atom. The molecule has 0 radical (unpaired) electrons. The summed E-state index contributed by atoms with van der Waals surface area (Å²) >= 11 is 0. The number of nitrogens with zero attached hydrogens (tertiary/aromatic N) is 1. The Balaban J connectivity index is 1.66. The van der Waals surface area contributed by atoms with E-state index < -0.39 is 47.2 Å². The lowest BCUT2D eigenvalue weighted by Gasteiger charge is -2.46. The van der Waals surface area contributed by atoms with Crippen molar-refractivity contribution in [2.75, 3.05) is 27.9 Å². The highest BCUT2D eigenvalue weighted by molar-refractivity contribution is 5.86. The zero-order chi connectivity index (χ0) is 35.1. The second-order valence-corrected chi connectivity index (χ2v) is 13.0. The van der Waals surface area contributed by atoms with Crippen LogP contribution in [0.4, 0.5) is 0 Å². The third-order valence-electron chi connectivity index (χ3n) is 10.4. The van der Waals surface area contributed by atoms with Crippen molar-refractivity contribution in [1.82, 2.24) is 10.2 Å². The van der Waals surface area contributed by atoms with Crippen LogP contribution in [0.25, 0.3) is 0 Å². The Morgan fingerprint density at radius 2 is 1.69 bits per heavy atom. The smallest absolute Gasteiger partial charge is 0.303 e. The second-order valence-electron chi connectivity index (χ2n) is 13.0. The molecule has 2 heterocycles. The van der Waals surface area contributed by atoms with Crippen molar-refractivity contribution in [3.63, 3.8) is 0 Å². The van der Waals surface area contributed by atoms with Crippen LogP contribution in [0.15, 0.2) is 66.7 Å². The number of hydrogen-bond donors (Lipinski definition) is 2. The molecular formula is C38H44N2O9. The molecule has 2 amide bonds. The first-order valence-corrected chi connectivity index (χ1v) is 16.7. The number of rotatable bonds is 10. The molecule has 2 aliphatic heterocycles. The lowest BCUT2D eigenvalue weighted by molar-refractivity contribution is -0.196. The number of aliphatic hydroxyl groups is 1. The molecule has 0 spiro atoms. The maximum atomic E-state index is 15.4. The van der Waals surface area contributed by atoms with E-state index in [2.05, 4.69) is 5.32 Å². The number of fused-ring (bicyclic) bond motifs is 4. The van der Waals surface area contributed by atoms with Crippen molar-refractivity contribution in [2.45, 2.75) is 69.4 Å². The maximum Gasteiger partial charge on any atom is 0.303 e. The first-order chi connectivity index (χ1) is 23.5. The number of benzene rings is 3. The Labute approximate surface area is 286 Å². The number of ether oxygens (including phenoxy) is 5. The van der Waals surface area contributed by atoms with E-state index in [1.807, 2.05) is 44.2 Å². The molecule has 1 saturated carbocycles. The summed E-state index contributed by atoms with van der Waals surface area (Å²) in [4.78, 5) is 43.2. The number of carbonyl (C=O) groups is 3. The average molecular weight is 673 g/mol. The van der Waals surface area contributed by atoms with Crippen molar-refractivity contribution in [2.24, 2.45) is 11.8 Å². The second kappa shape index (κ2) is 13.3. The topological polar surface area (TPSA) is 133 Å². The van der Waals surface area contributed by atoms with Gasteiger partial charge in [-0.15, -0.1) is 0 Å². The van der Waals surface area contributed by atoms with Gasteiger partial charge in [0.05, 0.1) is 32.8 Å². The van der Waals surface area contributed by atoms with Crippen LogP contribution in [0.3, 0.4) is 0 Å². The summed E-state index contributed by atoms with van der Waals surface area (Å²) in [6, 6.07) is 19.7. The van der Waals surface area contributed by atoms with Crippen LogP contribution in [0, 0.1) is 11.8 Å². The van der Waals surface area contributed by atoms with Gasteiger partial charge < -0.3 is 39.0 Å². The summed E-state index contributed by atoms with van der Waals surface area (Å²) in [6.07, 6.45) is -0.147. The standard InChI is InChI=1S/C38H44N2O9/c1-7-22(2)34(42)39-30-14-11-19-40(30)35(43)33-31(24-12-9-8-10-13-24)38(25-15-17-26(45-4)18-16-25)36(48-23(3)41)37(33,44)32-28(47-6)20-27(46-5)21-29(32)49-38/h8-10,12-13,15-18,20-22,30-31,33,36,44H,7,11,14,19H2,1-6H3,(H,39,42)/t22-,30-,31-,33-,36-,37+,38+/m0/s1. The molecule has 11 nitrogen and oxygen atoms in total. The number of methoxy groups -OCH3 is 3. The van der Waals surface area contributed by atoms with Gasteiger partial charge in [-0.1, -0.05) is 56.3 Å². The molecule has 3 aliphatic rings. The summed E-state index contributed by atoms with van der Waals surface area (Å²) in [5, 5.41) is 16.6. The highest BCUT2D eigenvalue weighted by Gasteiger charge is 2.78. The predicted octanol–water partition coefficient (Wildman–Crippen LogP) is 4.64. The van der Waals surface area contributed by atoms with Crippen molar-refractivity contribution in [1.29, 1.82) is 0 Å². The fourth-order valence-electron chi connectivity index (χ4n) is 7.93. The number of hydrogen-bond acceptors (Lipinski definition) is 9. The van der Waals surface area contributed by atoms with Gasteiger partial charge in [-0.2, -0.15) is 0 Å². The van der Waals surface area contributed by atoms with E-state index in [9.17, 15) is 14.7 Å². The van der Waals surface area contributed by atoms with E-state index >= 15 is 4.79 Å². The van der Waals surface area contributed by atoms with Crippen LogP contribution in [0.5, 0.6) is 23.0 Å². The summed E-state index contributed by atoms with van der Waals surface area (Å²) in [5.74, 6) is -2.24. The fraction of sp³-hybridized carbons (Fsp3) is 0.447. The first-order valence-electron chi connectivity index (χ1n) is 16.7. The zero-order valence-electron chi connectivity index (χ0n) is 28.7. The van der Waals surface area contributed by atoms with Crippen LogP contribution in [0.1, 0.15) is 62.6 Å². The van der Waals surface area contributed by atoms with E-state index in [0.717, 1.165) is 0 Å². The number of amides is 2. The Kier molecular flexibility index (Phi) is 9.23. The number of esters is 1. The fourth-order valence-corrected chi connectivity index (χ4v) is 7.93. The van der Waals surface area contributed by atoms with E-state index in [0.29, 0.717) is 48.4 Å².